The molecule has 0 radical (unpaired) electrons. The number of nitrogens with one attached hydrogen (secondary N) is 2. The third kappa shape index (κ3) is 5.57. The molecule has 0 aliphatic heterocycles. The SMILES string of the molecule is CNC(=O)c1cc(C)c(C[C@@H](CNC(=O)c2ccccc2OC)N(C)C)c(C)c1. The number of amides is 2. The van der Waals surface area contributed by atoms with Crippen LogP contribution < -0.4 is 15.4 Å². The van der Waals surface area contributed by atoms with E-state index >= 15 is 0 Å². The van der Waals surface area contributed by atoms with Crippen molar-refractivity contribution in [2.24, 2.45) is 0 Å². The van der Waals surface area contributed by atoms with Gasteiger partial charge in [-0.25, -0.2) is 0 Å². The maximum absolute atomic E-state index is 12.6. The van der Waals surface area contributed by atoms with E-state index in [9.17, 15) is 9.59 Å². The number of carbonyl (C=O) groups is 2. The summed E-state index contributed by atoms with van der Waals surface area (Å²) in [5, 5.41) is 5.70. The molecule has 0 unspecified atom stereocenters. The van der Waals surface area contributed by atoms with E-state index in [-0.39, 0.29) is 17.9 Å². The fourth-order valence-corrected chi connectivity index (χ4v) is 3.40. The summed E-state index contributed by atoms with van der Waals surface area (Å²) in [7, 11) is 7.20. The maximum atomic E-state index is 12.6. The predicted octanol–water partition coefficient (Wildman–Crippen LogP) is 2.57. The largest absolute Gasteiger partial charge is 0.496 e. The Balaban J connectivity index is 2.15. The molecule has 156 valence electrons. The summed E-state index contributed by atoms with van der Waals surface area (Å²) in [6.07, 6.45) is 0.769. The van der Waals surface area contributed by atoms with E-state index in [0.29, 0.717) is 23.4 Å². The molecule has 6 heteroatoms. The lowest BCUT2D eigenvalue weighted by molar-refractivity contribution is 0.0936. The molecule has 0 heterocycles. The molecule has 2 aromatic carbocycles. The van der Waals surface area contributed by atoms with Crippen molar-refractivity contribution < 1.29 is 14.3 Å². The molecule has 1 atom stereocenters. The Morgan fingerprint density at radius 2 is 1.69 bits per heavy atom. The Kier molecular flexibility index (Phi) is 7.79. The Morgan fingerprint density at radius 3 is 2.24 bits per heavy atom. The second-order valence-corrected chi connectivity index (χ2v) is 7.40. The molecule has 2 aromatic rings. The van der Waals surface area contributed by atoms with Gasteiger partial charge in [-0.1, -0.05) is 12.1 Å². The lowest BCUT2D eigenvalue weighted by atomic mass is 9.93. The molecule has 0 saturated carbocycles. The van der Waals surface area contributed by atoms with Gasteiger partial charge in [-0.15, -0.1) is 0 Å². The van der Waals surface area contributed by atoms with Gasteiger partial charge >= 0.3 is 0 Å². The highest BCUT2D eigenvalue weighted by Crippen LogP contribution is 2.20. The van der Waals surface area contributed by atoms with Gasteiger partial charge in [0.1, 0.15) is 5.75 Å². The Bertz CT molecular complexity index is 854. The molecule has 0 bridgehead atoms. The molecule has 0 aromatic heterocycles. The van der Waals surface area contributed by atoms with E-state index < -0.39 is 0 Å². The zero-order chi connectivity index (χ0) is 21.6. The van der Waals surface area contributed by atoms with E-state index in [4.69, 9.17) is 4.74 Å². The van der Waals surface area contributed by atoms with E-state index in [1.54, 1.807) is 26.3 Å². The number of carbonyl (C=O) groups excluding carboxylic acids is 2. The number of rotatable bonds is 8. The highest BCUT2D eigenvalue weighted by atomic mass is 16.5. The van der Waals surface area contributed by atoms with Crippen molar-refractivity contribution in [1.29, 1.82) is 0 Å². The van der Waals surface area contributed by atoms with Crippen LogP contribution >= 0.6 is 0 Å². The minimum Gasteiger partial charge on any atom is -0.496 e. The molecule has 2 N–H and O–H groups in total. The van der Waals surface area contributed by atoms with Crippen LogP contribution in [0, 0.1) is 13.8 Å². The van der Waals surface area contributed by atoms with Crippen LogP contribution in [0.25, 0.3) is 0 Å². The van der Waals surface area contributed by atoms with Crippen LogP contribution in [0.15, 0.2) is 36.4 Å². The number of hydrogen-bond donors (Lipinski definition) is 2. The minimum absolute atomic E-state index is 0.0871. The molecule has 6 nitrogen and oxygen atoms in total. The van der Waals surface area contributed by atoms with Crippen molar-refractivity contribution in [3.63, 3.8) is 0 Å². The minimum atomic E-state index is -0.155. The summed E-state index contributed by atoms with van der Waals surface area (Å²) < 4.78 is 5.28. The van der Waals surface area contributed by atoms with Crippen molar-refractivity contribution in [3.05, 3.63) is 64.2 Å². The molecule has 2 amide bonds. The zero-order valence-electron chi connectivity index (χ0n) is 18.1. The van der Waals surface area contributed by atoms with Crippen LogP contribution in [0.1, 0.15) is 37.4 Å². The molecular formula is C23H31N3O3. The number of benzene rings is 2. The molecular weight excluding hydrogens is 366 g/mol. The van der Waals surface area contributed by atoms with Crippen LogP contribution in [-0.4, -0.2) is 57.6 Å². The molecule has 0 saturated heterocycles. The molecule has 0 fully saturated rings. The maximum Gasteiger partial charge on any atom is 0.255 e. The number of nitrogens with zero attached hydrogens (tertiary/aromatic N) is 1. The third-order valence-electron chi connectivity index (χ3n) is 5.21. The van der Waals surface area contributed by atoms with Gasteiger partial charge in [0.2, 0.25) is 0 Å². The van der Waals surface area contributed by atoms with Crippen molar-refractivity contribution >= 4 is 11.8 Å². The number of hydrogen-bond acceptors (Lipinski definition) is 4. The predicted molar refractivity (Wildman–Crippen MR) is 116 cm³/mol. The normalized spacial score (nSPS) is 11.8. The Hall–Kier alpha value is -2.86. The molecule has 0 aliphatic rings. The van der Waals surface area contributed by atoms with Gasteiger partial charge in [0.15, 0.2) is 0 Å². The van der Waals surface area contributed by atoms with Gasteiger partial charge in [-0.05, 0) is 75.3 Å². The topological polar surface area (TPSA) is 70.7 Å². The van der Waals surface area contributed by atoms with Gasteiger partial charge < -0.3 is 20.3 Å². The average Bonchev–Trinajstić information content (AvgIpc) is 2.71. The monoisotopic (exact) mass is 397 g/mol. The lowest BCUT2D eigenvalue weighted by Gasteiger charge is -2.26. The molecule has 29 heavy (non-hydrogen) atoms. The van der Waals surface area contributed by atoms with Crippen LogP contribution in [-0.2, 0) is 6.42 Å². The van der Waals surface area contributed by atoms with E-state index in [1.807, 2.05) is 52.2 Å². The summed E-state index contributed by atoms with van der Waals surface area (Å²) in [5.74, 6) is 0.316. The van der Waals surface area contributed by atoms with Crippen molar-refractivity contribution in [2.75, 3.05) is 34.8 Å². The number of likely N-dealkylation sites (N-methyl/N-ethyl adjacent to an activating group) is 1. The number of ether oxygens (including phenoxy) is 1. The zero-order valence-corrected chi connectivity index (χ0v) is 18.1. The van der Waals surface area contributed by atoms with Gasteiger partial charge in [0.25, 0.3) is 11.8 Å². The molecule has 2 rings (SSSR count). The smallest absolute Gasteiger partial charge is 0.255 e. The van der Waals surface area contributed by atoms with Gasteiger partial charge in [-0.3, -0.25) is 9.59 Å². The molecule has 0 aliphatic carbocycles. The van der Waals surface area contributed by atoms with Crippen LogP contribution in [0.3, 0.4) is 0 Å². The number of methoxy groups -OCH3 is 1. The fraction of sp³-hybridized carbons (Fsp3) is 0.391. The van der Waals surface area contributed by atoms with E-state index in [1.165, 1.54) is 5.56 Å². The van der Waals surface area contributed by atoms with Crippen LogP contribution in [0.4, 0.5) is 0 Å². The van der Waals surface area contributed by atoms with Gasteiger partial charge in [-0.2, -0.15) is 0 Å². The summed E-state index contributed by atoms with van der Waals surface area (Å²) in [6, 6.07) is 11.1. The van der Waals surface area contributed by atoms with Crippen LogP contribution in [0.5, 0.6) is 5.75 Å². The quantitative estimate of drug-likeness (QED) is 0.718. The van der Waals surface area contributed by atoms with Crippen molar-refractivity contribution in [1.82, 2.24) is 15.5 Å². The highest BCUT2D eigenvalue weighted by Gasteiger charge is 2.19. The number of aryl methyl sites for hydroxylation is 2. The first-order valence-electron chi connectivity index (χ1n) is 9.68. The molecule has 0 spiro atoms. The lowest BCUT2D eigenvalue weighted by Crippen LogP contribution is -2.42. The Labute approximate surface area is 173 Å². The van der Waals surface area contributed by atoms with Crippen molar-refractivity contribution in [2.45, 2.75) is 26.3 Å². The first-order valence-corrected chi connectivity index (χ1v) is 9.68. The van der Waals surface area contributed by atoms with E-state index in [0.717, 1.165) is 17.5 Å². The summed E-state index contributed by atoms with van der Waals surface area (Å²) >= 11 is 0. The second-order valence-electron chi connectivity index (χ2n) is 7.40. The summed E-state index contributed by atoms with van der Waals surface area (Å²) in [5.41, 5.74) is 4.54. The third-order valence-corrected chi connectivity index (χ3v) is 5.21. The first kappa shape index (κ1) is 22.4. The van der Waals surface area contributed by atoms with Crippen molar-refractivity contribution in [3.8, 4) is 5.75 Å². The van der Waals surface area contributed by atoms with Gasteiger partial charge in [0, 0.05) is 25.2 Å². The standard InChI is InChI=1S/C23H31N3O3/c1-15-11-17(22(27)24-3)12-16(2)20(15)13-18(26(4)5)14-25-23(28)19-9-7-8-10-21(19)29-6/h7-12,18H,13-14H2,1-6H3,(H,24,27)(H,25,28)/t18-/m0/s1. The number of para-hydroxylation sites is 1. The fourth-order valence-electron chi connectivity index (χ4n) is 3.40. The summed E-state index contributed by atoms with van der Waals surface area (Å²) in [4.78, 5) is 26.7. The summed E-state index contributed by atoms with van der Waals surface area (Å²) in [6.45, 7) is 4.55. The van der Waals surface area contributed by atoms with E-state index in [2.05, 4.69) is 15.5 Å². The first-order chi connectivity index (χ1) is 13.8. The second kappa shape index (κ2) is 10.1. The van der Waals surface area contributed by atoms with Gasteiger partial charge in [0.05, 0.1) is 12.7 Å². The average molecular weight is 398 g/mol. The van der Waals surface area contributed by atoms with Crippen LogP contribution in [0.2, 0.25) is 0 Å². The Morgan fingerprint density at radius 1 is 1.07 bits per heavy atom. The highest BCUT2D eigenvalue weighted by molar-refractivity contribution is 5.97.